The lowest BCUT2D eigenvalue weighted by Gasteiger charge is -1.86. The minimum atomic E-state index is -4.67. The summed E-state index contributed by atoms with van der Waals surface area (Å²) in [6.45, 7) is 0. The van der Waals surface area contributed by atoms with Crippen molar-refractivity contribution in [3.63, 3.8) is 0 Å². The van der Waals surface area contributed by atoms with Gasteiger partial charge in [0.25, 0.3) is 5.09 Å². The van der Waals surface area contributed by atoms with E-state index in [0.29, 0.717) is 0 Å². The quantitative estimate of drug-likeness (QED) is 0.0743. The molecule has 0 aromatic carbocycles. The zero-order valence-corrected chi connectivity index (χ0v) is 10.1. The zero-order valence-electron chi connectivity index (χ0n) is 9.33. The van der Waals surface area contributed by atoms with Crippen LogP contribution in [0, 0.1) is 31.0 Å². The molecule has 0 aromatic rings. The van der Waals surface area contributed by atoms with Crippen LogP contribution in [0.1, 0.15) is 0 Å². The summed E-state index contributed by atoms with van der Waals surface area (Å²) in [5.74, 6) is -0.995. The normalized spacial score (nSPS) is 7.90. The van der Waals surface area contributed by atoms with Crippen LogP contribution in [0.3, 0.4) is 0 Å². The fourth-order valence-electron chi connectivity index (χ4n) is 0.0983. The van der Waals surface area contributed by atoms with Crippen LogP contribution in [0.5, 0.6) is 0 Å². The van der Waals surface area contributed by atoms with E-state index >= 15 is 0 Å². The highest BCUT2D eigenvalue weighted by atomic mass is 32.3. The number of hydrazine groups is 1. The number of nitrogens with one attached hydrogen (secondary N) is 3. The molecule has 0 amide bonds. The number of nitrogens with two attached hydrogens (primary N) is 3. The highest BCUT2D eigenvalue weighted by Gasteiger charge is 1.91. The van der Waals surface area contributed by atoms with Gasteiger partial charge in [-0.1, -0.05) is 5.43 Å². The Morgan fingerprint density at radius 3 is 1.25 bits per heavy atom. The van der Waals surface area contributed by atoms with E-state index in [0.717, 1.165) is 0 Å². The molecule has 12 N–H and O–H groups in total. The number of hydrogen-bond donors (Lipinski definition) is 9. The predicted molar refractivity (Wildman–Crippen MR) is 61.1 cm³/mol. The Kier molecular flexibility index (Phi) is 18.1. The Balaban J connectivity index is -0.0000000883. The van der Waals surface area contributed by atoms with E-state index in [-0.39, 0.29) is 5.96 Å². The molecule has 0 heterocycles. The summed E-state index contributed by atoms with van der Waals surface area (Å²) in [4.78, 5) is 17.6. The molecule has 0 fully saturated rings. The molecule has 0 unspecified atom stereocenters. The predicted octanol–water partition coefficient (Wildman–Crippen LogP) is -3.50. The lowest BCUT2D eigenvalue weighted by Crippen LogP contribution is -2.34. The SMILES string of the molecule is N=C(N)N.N=C(N)N[N+](=O)[O-].O=S(=O)(O)O.O=[N+]([O-])O. The van der Waals surface area contributed by atoms with Crippen molar-refractivity contribution in [3.05, 3.63) is 20.2 Å². The summed E-state index contributed by atoms with van der Waals surface area (Å²) in [7, 11) is -4.67. The summed E-state index contributed by atoms with van der Waals surface area (Å²) in [6, 6.07) is 0. The van der Waals surface area contributed by atoms with Crippen LogP contribution in [0.4, 0.5) is 0 Å². The van der Waals surface area contributed by atoms with Gasteiger partial charge in [-0.05, 0) is 0 Å². The smallest absolute Gasteiger partial charge is 0.370 e. The molecular weight excluding hydrogens is 312 g/mol. The lowest BCUT2D eigenvalue weighted by molar-refractivity contribution is -0.742. The second kappa shape index (κ2) is 14.1. The first-order valence-corrected chi connectivity index (χ1v) is 4.87. The van der Waals surface area contributed by atoms with Gasteiger partial charge in [0.1, 0.15) is 0 Å². The maximum absolute atomic E-state index is 9.28. The fraction of sp³-hybridized carbons (Fsp3) is 0. The van der Waals surface area contributed by atoms with Gasteiger partial charge in [-0.15, -0.1) is 10.1 Å². The molecule has 0 saturated carbocycles. The Morgan fingerprint density at radius 2 is 1.25 bits per heavy atom. The third kappa shape index (κ3) is 2890. The van der Waals surface area contributed by atoms with E-state index in [1.165, 1.54) is 5.43 Å². The standard InChI is InChI=1S/CH4N4O2.CH5N3.HNO3.H2O4S/c2-1(3)4-5(6)7;2*2-1(3)4;1-5(2,3)4/h(H4,2,3,4);(H5,2,3,4);(H,2,3,4);(H2,1,2,3,4). The molecule has 18 heteroatoms. The summed E-state index contributed by atoms with van der Waals surface area (Å²) in [6.07, 6.45) is 0. The van der Waals surface area contributed by atoms with Crippen molar-refractivity contribution in [1.82, 2.24) is 5.43 Å². The van der Waals surface area contributed by atoms with Crippen molar-refractivity contribution >= 4 is 22.3 Å². The van der Waals surface area contributed by atoms with Crippen LogP contribution in [0.15, 0.2) is 0 Å². The summed E-state index contributed by atoms with van der Waals surface area (Å²) in [5.41, 5.74) is 14.9. The zero-order chi connectivity index (χ0) is 17.5. The molecule has 17 nitrogen and oxygen atoms in total. The van der Waals surface area contributed by atoms with Crippen LogP contribution in [0.2, 0.25) is 0 Å². The average Bonchev–Trinajstić information content (AvgIpc) is 1.92. The number of nitrogens with zero attached hydrogens (tertiary/aromatic N) is 2. The van der Waals surface area contributed by atoms with Crippen molar-refractivity contribution in [1.29, 1.82) is 10.8 Å². The summed E-state index contributed by atoms with van der Waals surface area (Å²) >= 11 is 0. The minimum absolute atomic E-state index is 0.333. The lowest BCUT2D eigenvalue weighted by atomic mass is 11.1. The summed E-state index contributed by atoms with van der Waals surface area (Å²) in [5, 5.41) is 34.3. The second-order valence-electron chi connectivity index (χ2n) is 1.92. The molecular formula is C2H12N8O9S. The van der Waals surface area contributed by atoms with Gasteiger partial charge in [0.15, 0.2) is 11.0 Å². The Hall–Kier alpha value is -2.99. The van der Waals surface area contributed by atoms with Gasteiger partial charge in [0, 0.05) is 0 Å². The average molecular weight is 324 g/mol. The van der Waals surface area contributed by atoms with E-state index in [4.69, 9.17) is 43.7 Å². The monoisotopic (exact) mass is 324 g/mol. The van der Waals surface area contributed by atoms with Gasteiger partial charge in [-0.3, -0.25) is 19.9 Å². The van der Waals surface area contributed by atoms with Crippen molar-refractivity contribution in [2.24, 2.45) is 17.2 Å². The van der Waals surface area contributed by atoms with Crippen LogP contribution in [-0.4, -0.2) is 44.8 Å². The molecule has 0 radical (unpaired) electrons. The third-order valence-corrected chi connectivity index (χ3v) is 0.212. The first-order chi connectivity index (χ1) is 8.59. The van der Waals surface area contributed by atoms with Gasteiger partial charge in [-0.2, -0.15) is 8.42 Å². The molecule has 20 heavy (non-hydrogen) atoms. The number of rotatable bonds is 1. The van der Waals surface area contributed by atoms with Crippen LogP contribution in [0.25, 0.3) is 0 Å². The van der Waals surface area contributed by atoms with E-state index in [2.05, 4.69) is 17.2 Å². The Bertz CT molecular complexity index is 376. The third-order valence-electron chi connectivity index (χ3n) is 0.212. The Labute approximate surface area is 110 Å². The second-order valence-corrected chi connectivity index (χ2v) is 2.82. The van der Waals surface area contributed by atoms with E-state index in [1.54, 1.807) is 0 Å². The Morgan fingerprint density at radius 1 is 1.10 bits per heavy atom. The fourth-order valence-corrected chi connectivity index (χ4v) is 0.0983. The van der Waals surface area contributed by atoms with Crippen molar-refractivity contribution < 1.29 is 32.8 Å². The van der Waals surface area contributed by atoms with Crippen LogP contribution in [-0.2, 0) is 10.4 Å². The molecule has 0 rings (SSSR count). The molecule has 0 bridgehead atoms. The van der Waals surface area contributed by atoms with Crippen molar-refractivity contribution in [2.45, 2.75) is 0 Å². The molecule has 0 aliphatic heterocycles. The topological polar surface area (TPSA) is 319 Å². The number of nitro groups is 1. The van der Waals surface area contributed by atoms with Crippen LogP contribution >= 0.6 is 0 Å². The molecule has 0 atom stereocenters. The van der Waals surface area contributed by atoms with Crippen molar-refractivity contribution in [3.8, 4) is 0 Å². The van der Waals surface area contributed by atoms with E-state index in [9.17, 15) is 10.1 Å². The van der Waals surface area contributed by atoms with Crippen LogP contribution < -0.4 is 22.6 Å². The van der Waals surface area contributed by atoms with Gasteiger partial charge in [-0.25, -0.2) is 10.1 Å². The molecule has 0 spiro atoms. The van der Waals surface area contributed by atoms with E-state index < -0.39 is 26.5 Å². The van der Waals surface area contributed by atoms with Gasteiger partial charge in [0.05, 0.1) is 0 Å². The minimum Gasteiger partial charge on any atom is -0.370 e. The molecule has 0 aliphatic rings. The van der Waals surface area contributed by atoms with Crippen molar-refractivity contribution in [2.75, 3.05) is 0 Å². The number of hydrogen-bond acceptors (Lipinski definition) is 8. The maximum Gasteiger partial charge on any atom is 0.394 e. The molecule has 0 aliphatic carbocycles. The molecule has 120 valence electrons. The largest absolute Gasteiger partial charge is 0.394 e. The van der Waals surface area contributed by atoms with Gasteiger partial charge in [0.2, 0.25) is 5.96 Å². The number of guanidine groups is 2. The highest BCUT2D eigenvalue weighted by molar-refractivity contribution is 7.79. The highest BCUT2D eigenvalue weighted by Crippen LogP contribution is 1.59. The molecule has 0 saturated heterocycles. The van der Waals surface area contributed by atoms with E-state index in [1.807, 2.05) is 0 Å². The first kappa shape index (κ1) is 25.8. The van der Waals surface area contributed by atoms with Gasteiger partial charge < -0.3 is 22.4 Å². The maximum atomic E-state index is 9.28. The summed E-state index contributed by atoms with van der Waals surface area (Å²) < 4.78 is 31.6. The molecule has 0 aromatic heterocycles. The van der Waals surface area contributed by atoms with Gasteiger partial charge >= 0.3 is 10.4 Å². The first-order valence-electron chi connectivity index (χ1n) is 3.47.